The number of aryl methyl sites for hydroxylation is 2. The van der Waals surface area contributed by atoms with Gasteiger partial charge in [-0.2, -0.15) is 5.21 Å². The number of aliphatic carboxylic acids is 2. The number of hydrogen-bond acceptors (Lipinski definition) is 19. The van der Waals surface area contributed by atoms with Gasteiger partial charge in [0, 0.05) is 76.1 Å². The molecule has 0 saturated heterocycles. The highest BCUT2D eigenvalue weighted by molar-refractivity contribution is 7.90. The molecule has 2 rings (SSSR count). The van der Waals surface area contributed by atoms with E-state index in [9.17, 15) is 61.5 Å². The topological polar surface area (TPSA) is 397 Å². The summed E-state index contributed by atoms with van der Waals surface area (Å²) in [5, 5.41) is 42.5. The van der Waals surface area contributed by atoms with E-state index >= 15 is 0 Å². The Kier molecular flexibility index (Phi) is 47.1. The third-order valence-electron chi connectivity index (χ3n) is 13.8. The first-order valence-corrected chi connectivity index (χ1v) is 33.1. The monoisotopic (exact) mass is 1280 g/mol. The third kappa shape index (κ3) is 46.2. The summed E-state index contributed by atoms with van der Waals surface area (Å²) in [4.78, 5) is 117. The Bertz CT molecular complexity index is 2430. The molecule has 0 spiro atoms. The number of tetrazole rings is 1. The Balaban J connectivity index is 0.00000102. The number of carboxylic acid groups (broad SMARTS) is 2. The molecule has 1 heterocycles. The van der Waals surface area contributed by atoms with Crippen molar-refractivity contribution >= 4 is 69.4 Å². The fraction of sp³-hybridized carbons (Fsp3) is 0.721. The molecule has 0 aliphatic carbocycles. The normalized spacial score (nSPS) is 12.1. The van der Waals surface area contributed by atoms with Crippen molar-refractivity contribution in [2.75, 3.05) is 71.7 Å². The van der Waals surface area contributed by atoms with Crippen molar-refractivity contribution in [2.24, 2.45) is 5.92 Å². The first-order chi connectivity index (χ1) is 42.8. The van der Waals surface area contributed by atoms with Crippen LogP contribution in [0.1, 0.15) is 203 Å². The summed E-state index contributed by atoms with van der Waals surface area (Å²) in [6, 6.07) is 5.22. The molecule has 5 amide bonds. The van der Waals surface area contributed by atoms with Gasteiger partial charge in [0.1, 0.15) is 37.4 Å². The zero-order valence-corrected chi connectivity index (χ0v) is 53.5. The smallest absolute Gasteiger partial charge is 0.326 e. The number of aromatic nitrogens is 4. The highest BCUT2D eigenvalue weighted by atomic mass is 32.2. The lowest BCUT2D eigenvalue weighted by atomic mass is 9.98. The number of sulfonamides is 1. The molecule has 3 atom stereocenters. The van der Waals surface area contributed by atoms with Crippen LogP contribution in [0.3, 0.4) is 0 Å². The van der Waals surface area contributed by atoms with Crippen LogP contribution in [-0.4, -0.2) is 182 Å². The van der Waals surface area contributed by atoms with Crippen molar-refractivity contribution < 1.29 is 85.5 Å². The first kappa shape index (κ1) is 80.4. The van der Waals surface area contributed by atoms with E-state index in [4.69, 9.17) is 24.1 Å². The Morgan fingerprint density at radius 3 is 1.75 bits per heavy atom. The molecule has 89 heavy (non-hydrogen) atoms. The zero-order chi connectivity index (χ0) is 65.8. The largest absolute Gasteiger partial charge is 0.480 e. The lowest BCUT2D eigenvalue weighted by Crippen LogP contribution is -2.42. The molecule has 0 fully saturated rings. The fourth-order valence-corrected chi connectivity index (χ4v) is 9.73. The summed E-state index contributed by atoms with van der Waals surface area (Å²) < 4.78 is 47.7. The molecule has 0 aliphatic rings. The summed E-state index contributed by atoms with van der Waals surface area (Å²) in [6.07, 6.45) is 19.4. The molecule has 27 nitrogen and oxygen atoms in total. The summed E-state index contributed by atoms with van der Waals surface area (Å²) in [5.74, 6) is -4.70. The van der Waals surface area contributed by atoms with Crippen molar-refractivity contribution in [1.82, 2.24) is 46.6 Å². The van der Waals surface area contributed by atoms with Gasteiger partial charge < -0.3 is 55.2 Å². The number of amides is 5. The minimum absolute atomic E-state index is 0.0298. The first-order valence-electron chi connectivity index (χ1n) is 31.5. The molecule has 0 aliphatic heterocycles. The SMILES string of the molecule is CCC(=O)CCCOCCOCC(=O)N[C@@H](CCCCNC(=O)c1ccc(C)cc1)C(=O)O.CCC(NC(=O)CC[C@@H](C=O)CC(=O)COCCOCCNC(=O)CCCS(=O)(=O)NC(=O)CCCCCCCCCCCCCCCc1nn[nH]n1)C(=O)O. The molecule has 0 bridgehead atoms. The van der Waals surface area contributed by atoms with E-state index in [0.29, 0.717) is 70.1 Å². The lowest BCUT2D eigenvalue weighted by Gasteiger charge is -2.15. The third-order valence-corrected chi connectivity index (χ3v) is 15.2. The maximum Gasteiger partial charge on any atom is 0.326 e. The molecule has 2 aromatic rings. The molecule has 8 N–H and O–H groups in total. The van der Waals surface area contributed by atoms with Crippen LogP contribution in [0.5, 0.6) is 0 Å². The molecule has 1 aromatic carbocycles. The maximum atomic E-state index is 12.3. The van der Waals surface area contributed by atoms with E-state index in [0.717, 1.165) is 43.5 Å². The number of aldehydes is 1. The molecule has 0 radical (unpaired) electrons. The molecular formula is C61H101N9O18S. The second kappa shape index (κ2) is 52.2. The second-order valence-corrected chi connectivity index (χ2v) is 23.5. The summed E-state index contributed by atoms with van der Waals surface area (Å²) in [5.41, 5.74) is 1.65. The zero-order valence-electron chi connectivity index (χ0n) is 52.7. The highest BCUT2D eigenvalue weighted by Gasteiger charge is 2.22. The Morgan fingerprint density at radius 1 is 0.573 bits per heavy atom. The van der Waals surface area contributed by atoms with Gasteiger partial charge in [0.2, 0.25) is 33.7 Å². The Hall–Kier alpha value is -6.62. The second-order valence-electron chi connectivity index (χ2n) is 21.7. The van der Waals surface area contributed by atoms with Crippen molar-refractivity contribution in [3.05, 3.63) is 41.2 Å². The quantitative estimate of drug-likeness (QED) is 0.0305. The van der Waals surface area contributed by atoms with Crippen molar-refractivity contribution in [3.8, 4) is 0 Å². The van der Waals surface area contributed by atoms with Crippen molar-refractivity contribution in [2.45, 2.75) is 206 Å². The average Bonchev–Trinajstić information content (AvgIpc) is 4.23. The van der Waals surface area contributed by atoms with Crippen LogP contribution >= 0.6 is 0 Å². The number of unbranched alkanes of at least 4 members (excludes halogenated alkanes) is 13. The van der Waals surface area contributed by atoms with Crippen LogP contribution in [0.2, 0.25) is 0 Å². The predicted molar refractivity (Wildman–Crippen MR) is 330 cm³/mol. The number of carbonyl (C=O) groups is 10. The summed E-state index contributed by atoms with van der Waals surface area (Å²) in [6.45, 7) is 6.86. The van der Waals surface area contributed by atoms with Crippen LogP contribution in [0.25, 0.3) is 0 Å². The number of H-pyrrole nitrogens is 1. The number of Topliss-reactive ketones (excluding diaryl/α,β-unsaturated/α-hetero) is 2. The number of nitrogens with zero attached hydrogens (tertiary/aromatic N) is 3. The molecule has 28 heteroatoms. The number of ketones is 2. The number of carboxylic acids is 2. The molecule has 0 saturated carbocycles. The summed E-state index contributed by atoms with van der Waals surface area (Å²) >= 11 is 0. The Morgan fingerprint density at radius 2 is 1.16 bits per heavy atom. The number of hydrogen-bond donors (Lipinski definition) is 8. The Labute approximate surface area is 524 Å². The van der Waals surface area contributed by atoms with Crippen molar-refractivity contribution in [1.29, 1.82) is 0 Å². The number of nitrogens with one attached hydrogen (secondary N) is 6. The maximum absolute atomic E-state index is 12.3. The van der Waals surface area contributed by atoms with E-state index < -0.39 is 57.7 Å². The lowest BCUT2D eigenvalue weighted by molar-refractivity contribution is -0.143. The number of carbonyl (C=O) groups excluding carboxylic acids is 8. The van der Waals surface area contributed by atoms with E-state index in [1.54, 1.807) is 19.1 Å². The average molecular weight is 1280 g/mol. The molecule has 1 unspecified atom stereocenters. The number of ether oxygens (including phenoxy) is 4. The van der Waals surface area contributed by atoms with Gasteiger partial charge in [0.25, 0.3) is 5.91 Å². The van der Waals surface area contributed by atoms with Gasteiger partial charge in [-0.05, 0) is 76.8 Å². The number of aromatic amines is 1. The molecular weight excluding hydrogens is 1180 g/mol. The van der Waals surface area contributed by atoms with Gasteiger partial charge in [-0.3, -0.25) is 38.3 Å². The van der Waals surface area contributed by atoms with Crippen LogP contribution in [-0.2, 0) is 78.5 Å². The van der Waals surface area contributed by atoms with Gasteiger partial charge in [0.05, 0.1) is 38.8 Å². The van der Waals surface area contributed by atoms with Crippen molar-refractivity contribution in [3.63, 3.8) is 0 Å². The van der Waals surface area contributed by atoms with E-state index in [1.807, 2.05) is 26.0 Å². The highest BCUT2D eigenvalue weighted by Crippen LogP contribution is 2.15. The van der Waals surface area contributed by atoms with Gasteiger partial charge in [-0.1, -0.05) is 107 Å². The molecule has 1 aromatic heterocycles. The van der Waals surface area contributed by atoms with Crippen LogP contribution in [0.15, 0.2) is 24.3 Å². The van der Waals surface area contributed by atoms with E-state index in [-0.39, 0.29) is 127 Å². The van der Waals surface area contributed by atoms with Gasteiger partial charge in [-0.25, -0.2) is 18.0 Å². The number of rotatable bonds is 56. The standard InChI is InChI=1S/C37H65N7O11S.C24H36N2O7/c1-2-32(37(50)51)39-35(48)21-20-30(28-45)27-31(46)29-55-25-24-54-23-22-38-34(47)19-16-26-56(52,53)42-36(49)18-15-13-11-9-7-5-3-4-6-8-10-12-14-17-33-40-43-44-41-33;1-3-20(27)7-6-14-32-15-16-33-17-22(28)26-21(24(30)31)8-4-5-13-25-23(29)19-11-9-18(2)10-12-19/h28,30,32H,2-27,29H2,1H3,(H,38,47)(H,39,48)(H,42,49)(H,50,51)(H,40,41,43,44);9-12,21H,3-8,13-17H2,1-2H3,(H,25,29)(H,26,28)(H,30,31)/t30-,32?;21-/m10/s1. The van der Waals surface area contributed by atoms with E-state index in [1.165, 1.54) is 51.4 Å². The van der Waals surface area contributed by atoms with Gasteiger partial charge in [0.15, 0.2) is 11.6 Å². The number of benzene rings is 1. The minimum Gasteiger partial charge on any atom is -0.480 e. The minimum atomic E-state index is -3.82. The van der Waals surface area contributed by atoms with E-state index in [2.05, 4.69) is 46.6 Å². The molecule has 504 valence electrons. The predicted octanol–water partition coefficient (Wildman–Crippen LogP) is 5.37. The van der Waals surface area contributed by atoms with Gasteiger partial charge in [-0.15, -0.1) is 10.2 Å². The van der Waals surface area contributed by atoms with Gasteiger partial charge >= 0.3 is 11.9 Å². The van der Waals surface area contributed by atoms with Crippen LogP contribution < -0.4 is 26.0 Å². The van der Waals surface area contributed by atoms with Crippen LogP contribution in [0.4, 0.5) is 0 Å². The fourth-order valence-electron chi connectivity index (χ4n) is 8.66. The van der Waals surface area contributed by atoms with Crippen LogP contribution in [0, 0.1) is 12.8 Å². The summed E-state index contributed by atoms with van der Waals surface area (Å²) in [7, 11) is -3.82.